The maximum Gasteiger partial charge on any atom is 0.255 e. The number of rotatable bonds is 3. The Balaban J connectivity index is 2.03. The van der Waals surface area contributed by atoms with E-state index in [4.69, 9.17) is 5.73 Å². The Morgan fingerprint density at radius 3 is 2.63 bits per heavy atom. The minimum atomic E-state index is 0.153. The zero-order chi connectivity index (χ0) is 13.8. The van der Waals surface area contributed by atoms with Gasteiger partial charge in [0.15, 0.2) is 0 Å². The Morgan fingerprint density at radius 1 is 1.32 bits per heavy atom. The summed E-state index contributed by atoms with van der Waals surface area (Å²) in [5.74, 6) is 0.153. The molecule has 1 amide bonds. The van der Waals surface area contributed by atoms with Crippen LogP contribution in [0.3, 0.4) is 0 Å². The molecule has 0 aliphatic carbocycles. The van der Waals surface area contributed by atoms with E-state index >= 15 is 0 Å². The van der Waals surface area contributed by atoms with Gasteiger partial charge in [0, 0.05) is 42.8 Å². The molecule has 1 aromatic rings. The third-order valence-corrected chi connectivity index (χ3v) is 4.96. The zero-order valence-corrected chi connectivity index (χ0v) is 13.4. The minimum absolute atomic E-state index is 0.153. The van der Waals surface area contributed by atoms with Crippen molar-refractivity contribution in [3.63, 3.8) is 0 Å². The first-order chi connectivity index (χ1) is 9.13. The highest BCUT2D eigenvalue weighted by Crippen LogP contribution is 2.19. The highest BCUT2D eigenvalue weighted by Gasteiger charge is 2.23. The van der Waals surface area contributed by atoms with Crippen molar-refractivity contribution in [1.82, 2.24) is 9.80 Å². The van der Waals surface area contributed by atoms with Crippen molar-refractivity contribution in [2.45, 2.75) is 6.92 Å². The quantitative estimate of drug-likeness (QED) is 0.814. The second kappa shape index (κ2) is 6.67. The van der Waals surface area contributed by atoms with Gasteiger partial charge in [-0.15, -0.1) is 0 Å². The van der Waals surface area contributed by atoms with Crippen LogP contribution in [0.5, 0.6) is 0 Å². The lowest BCUT2D eigenvalue weighted by atomic mass is 10.1. The molecule has 4 nitrogen and oxygen atoms in total. The van der Waals surface area contributed by atoms with E-state index in [-0.39, 0.29) is 5.91 Å². The summed E-state index contributed by atoms with van der Waals surface area (Å²) in [4.78, 5) is 16.8. The normalized spacial score (nSPS) is 16.7. The third-order valence-electron chi connectivity index (χ3n) is 3.53. The molecule has 2 rings (SSSR count). The zero-order valence-electron chi connectivity index (χ0n) is 11.2. The van der Waals surface area contributed by atoms with Crippen molar-refractivity contribution < 1.29 is 4.79 Å². The second-order valence-corrected chi connectivity index (χ2v) is 5.94. The van der Waals surface area contributed by atoms with Crippen LogP contribution < -0.4 is 5.73 Å². The fourth-order valence-corrected chi connectivity index (χ4v) is 2.93. The van der Waals surface area contributed by atoms with Gasteiger partial charge in [0.2, 0.25) is 0 Å². The van der Waals surface area contributed by atoms with Gasteiger partial charge < -0.3 is 10.6 Å². The van der Waals surface area contributed by atoms with Crippen LogP contribution in [0.2, 0.25) is 0 Å². The second-order valence-electron chi connectivity index (χ2n) is 4.86. The van der Waals surface area contributed by atoms with Crippen molar-refractivity contribution in [2.24, 2.45) is 5.73 Å². The van der Waals surface area contributed by atoms with Crippen LogP contribution in [0, 0.1) is 10.5 Å². The van der Waals surface area contributed by atoms with Crippen LogP contribution >= 0.6 is 22.6 Å². The first-order valence-corrected chi connectivity index (χ1v) is 7.68. The van der Waals surface area contributed by atoms with Crippen LogP contribution in [0.4, 0.5) is 0 Å². The van der Waals surface area contributed by atoms with Crippen LogP contribution in [-0.2, 0) is 0 Å². The van der Waals surface area contributed by atoms with Crippen molar-refractivity contribution in [1.29, 1.82) is 0 Å². The Labute approximate surface area is 128 Å². The Morgan fingerprint density at radius 2 is 2.00 bits per heavy atom. The highest BCUT2D eigenvalue weighted by atomic mass is 127. The fraction of sp³-hybridized carbons (Fsp3) is 0.500. The van der Waals surface area contributed by atoms with E-state index in [1.54, 1.807) is 0 Å². The molecule has 1 saturated heterocycles. The lowest BCUT2D eigenvalue weighted by Gasteiger charge is -2.34. The molecular formula is C14H20IN3O. The number of carbonyl (C=O) groups is 1. The van der Waals surface area contributed by atoms with E-state index < -0.39 is 0 Å². The summed E-state index contributed by atoms with van der Waals surface area (Å²) in [6.45, 7) is 7.08. The Kier molecular flexibility index (Phi) is 5.18. The van der Waals surface area contributed by atoms with Gasteiger partial charge in [-0.2, -0.15) is 0 Å². The van der Waals surface area contributed by atoms with Crippen molar-refractivity contribution in [2.75, 3.05) is 39.3 Å². The van der Waals surface area contributed by atoms with Crippen molar-refractivity contribution in [3.05, 3.63) is 32.9 Å². The van der Waals surface area contributed by atoms with Crippen molar-refractivity contribution in [3.8, 4) is 0 Å². The number of aryl methyl sites for hydroxylation is 1. The number of carbonyl (C=O) groups excluding carboxylic acids is 1. The standard InChI is InChI=1S/C14H20IN3O/c1-11-3-2-4-12(13(11)15)14(19)18-9-7-17(6-5-16)8-10-18/h2-4H,5-10,16H2,1H3. The Bertz CT molecular complexity index is 456. The lowest BCUT2D eigenvalue weighted by Crippen LogP contribution is -2.49. The summed E-state index contributed by atoms with van der Waals surface area (Å²) in [6, 6.07) is 5.91. The molecule has 19 heavy (non-hydrogen) atoms. The molecule has 0 aromatic heterocycles. The molecule has 0 radical (unpaired) electrons. The minimum Gasteiger partial charge on any atom is -0.336 e. The molecule has 0 unspecified atom stereocenters. The maximum absolute atomic E-state index is 12.5. The first-order valence-electron chi connectivity index (χ1n) is 6.60. The van der Waals surface area contributed by atoms with Gasteiger partial charge in [-0.1, -0.05) is 12.1 Å². The average molecular weight is 373 g/mol. The molecule has 0 spiro atoms. The van der Waals surface area contributed by atoms with Gasteiger partial charge in [-0.3, -0.25) is 9.69 Å². The summed E-state index contributed by atoms with van der Waals surface area (Å²) in [5.41, 5.74) is 7.55. The molecule has 0 atom stereocenters. The Hall–Kier alpha value is -0.660. The molecule has 104 valence electrons. The number of hydrogen-bond acceptors (Lipinski definition) is 3. The summed E-state index contributed by atoms with van der Waals surface area (Å²) in [5, 5.41) is 0. The summed E-state index contributed by atoms with van der Waals surface area (Å²) in [6.07, 6.45) is 0. The highest BCUT2D eigenvalue weighted by molar-refractivity contribution is 14.1. The van der Waals surface area contributed by atoms with Gasteiger partial charge >= 0.3 is 0 Å². The molecule has 1 aliphatic rings. The number of amides is 1. The lowest BCUT2D eigenvalue weighted by molar-refractivity contribution is 0.0640. The predicted octanol–water partition coefficient (Wildman–Crippen LogP) is 1.32. The number of halogens is 1. The van der Waals surface area contributed by atoms with Crippen LogP contribution in [-0.4, -0.2) is 55.0 Å². The molecule has 0 saturated carbocycles. The predicted molar refractivity (Wildman–Crippen MR) is 85.3 cm³/mol. The summed E-state index contributed by atoms with van der Waals surface area (Å²) < 4.78 is 1.06. The van der Waals surface area contributed by atoms with Crippen LogP contribution in [0.25, 0.3) is 0 Å². The number of hydrogen-bond donors (Lipinski definition) is 1. The number of piperazine rings is 1. The monoisotopic (exact) mass is 373 g/mol. The molecule has 1 heterocycles. The van der Waals surface area contributed by atoms with Gasteiger partial charge in [-0.05, 0) is 41.1 Å². The van der Waals surface area contributed by atoms with Gasteiger partial charge in [0.05, 0.1) is 5.56 Å². The van der Waals surface area contributed by atoms with Gasteiger partial charge in [-0.25, -0.2) is 0 Å². The van der Waals surface area contributed by atoms with Gasteiger partial charge in [0.25, 0.3) is 5.91 Å². The first kappa shape index (κ1) is 14.7. The van der Waals surface area contributed by atoms with E-state index in [0.29, 0.717) is 6.54 Å². The topological polar surface area (TPSA) is 49.6 Å². The molecule has 2 N–H and O–H groups in total. The smallest absolute Gasteiger partial charge is 0.255 e. The van der Waals surface area contributed by atoms with E-state index in [0.717, 1.165) is 47.4 Å². The molecule has 5 heteroatoms. The fourth-order valence-electron chi connectivity index (χ4n) is 2.34. The number of nitrogens with two attached hydrogens (primary N) is 1. The number of nitrogens with zero attached hydrogens (tertiary/aromatic N) is 2. The molecule has 0 bridgehead atoms. The summed E-state index contributed by atoms with van der Waals surface area (Å²) in [7, 11) is 0. The maximum atomic E-state index is 12.5. The van der Waals surface area contributed by atoms with E-state index in [1.807, 2.05) is 30.0 Å². The largest absolute Gasteiger partial charge is 0.336 e. The molecule has 1 aliphatic heterocycles. The van der Waals surface area contributed by atoms with E-state index in [2.05, 4.69) is 27.5 Å². The van der Waals surface area contributed by atoms with Crippen LogP contribution in [0.1, 0.15) is 15.9 Å². The molecular weight excluding hydrogens is 353 g/mol. The number of benzene rings is 1. The third kappa shape index (κ3) is 3.46. The van der Waals surface area contributed by atoms with E-state index in [1.165, 1.54) is 0 Å². The summed E-state index contributed by atoms with van der Waals surface area (Å²) >= 11 is 2.26. The van der Waals surface area contributed by atoms with E-state index in [9.17, 15) is 4.79 Å². The van der Waals surface area contributed by atoms with Crippen molar-refractivity contribution >= 4 is 28.5 Å². The molecule has 1 fully saturated rings. The molecule has 1 aromatic carbocycles. The van der Waals surface area contributed by atoms with Gasteiger partial charge in [0.1, 0.15) is 0 Å². The SMILES string of the molecule is Cc1cccc(C(=O)N2CCN(CCN)CC2)c1I. The van der Waals surface area contributed by atoms with Crippen LogP contribution in [0.15, 0.2) is 18.2 Å². The average Bonchev–Trinajstić information content (AvgIpc) is 2.42.